The van der Waals surface area contributed by atoms with Crippen LogP contribution in [0.25, 0.3) is 0 Å². The summed E-state index contributed by atoms with van der Waals surface area (Å²) in [4.78, 5) is 37.4. The number of nitrogens with one attached hydrogen (secondary N) is 1. The number of aliphatic hydroxyl groups is 1. The molecule has 2 N–H and O–H groups in total. The quantitative estimate of drug-likeness (QED) is 0.824. The summed E-state index contributed by atoms with van der Waals surface area (Å²) in [6, 6.07) is 7.92. The molecule has 1 amide bonds. The van der Waals surface area contributed by atoms with Gasteiger partial charge in [0, 0.05) is 30.9 Å². The van der Waals surface area contributed by atoms with Crippen LogP contribution in [0.4, 0.5) is 11.6 Å². The Labute approximate surface area is 169 Å². The average molecular weight is 394 g/mol. The van der Waals surface area contributed by atoms with E-state index in [4.69, 9.17) is 4.98 Å². The Bertz CT molecular complexity index is 1010. The van der Waals surface area contributed by atoms with Crippen LogP contribution in [0.5, 0.6) is 0 Å². The number of H-pyrrole nitrogens is 1. The Morgan fingerprint density at radius 2 is 1.86 bits per heavy atom. The van der Waals surface area contributed by atoms with Gasteiger partial charge in [0.1, 0.15) is 0 Å². The second-order valence-electron chi connectivity index (χ2n) is 8.29. The van der Waals surface area contributed by atoms with Gasteiger partial charge >= 0.3 is 0 Å². The van der Waals surface area contributed by atoms with E-state index >= 15 is 0 Å². The Balaban J connectivity index is 1.43. The summed E-state index contributed by atoms with van der Waals surface area (Å²) in [5.74, 6) is 0.718. The molecule has 3 heterocycles. The fraction of sp³-hybridized carbons (Fsp3) is 0.500. The fourth-order valence-electron chi connectivity index (χ4n) is 5.24. The number of β-amino-alcohol motifs (C(OH)–C–C–N with tert-alkyl or cyclic N) is 1. The fourth-order valence-corrected chi connectivity index (χ4v) is 5.24. The van der Waals surface area contributed by atoms with Crippen molar-refractivity contribution in [1.82, 2.24) is 9.97 Å². The summed E-state index contributed by atoms with van der Waals surface area (Å²) < 4.78 is 0. The number of aromatic nitrogens is 2. The number of aromatic amines is 1. The van der Waals surface area contributed by atoms with Crippen LogP contribution in [0.3, 0.4) is 0 Å². The lowest BCUT2D eigenvalue weighted by Crippen LogP contribution is -2.49. The predicted molar refractivity (Wildman–Crippen MR) is 111 cm³/mol. The lowest BCUT2D eigenvalue weighted by atomic mass is 9.73. The predicted octanol–water partition coefficient (Wildman–Crippen LogP) is 1.53. The molecule has 7 nitrogen and oxygen atoms in total. The van der Waals surface area contributed by atoms with Crippen molar-refractivity contribution in [3.05, 3.63) is 51.4 Å². The summed E-state index contributed by atoms with van der Waals surface area (Å²) in [7, 11) is 0. The van der Waals surface area contributed by atoms with Gasteiger partial charge < -0.3 is 14.9 Å². The number of para-hydroxylation sites is 1. The molecule has 1 fully saturated rings. The largest absolute Gasteiger partial charge is 0.395 e. The first-order valence-corrected chi connectivity index (χ1v) is 10.5. The van der Waals surface area contributed by atoms with Crippen molar-refractivity contribution >= 4 is 17.5 Å². The molecule has 0 bridgehead atoms. The zero-order chi connectivity index (χ0) is 20.0. The minimum Gasteiger partial charge on any atom is -0.395 e. The molecule has 7 heteroatoms. The number of hydrogen-bond donors (Lipinski definition) is 2. The summed E-state index contributed by atoms with van der Waals surface area (Å²) in [6.45, 7) is 1.59. The lowest BCUT2D eigenvalue weighted by molar-refractivity contribution is -0.124. The van der Waals surface area contributed by atoms with E-state index in [1.54, 1.807) is 4.90 Å². The second kappa shape index (κ2) is 6.99. The van der Waals surface area contributed by atoms with Gasteiger partial charge in [0.05, 0.1) is 17.7 Å². The molecule has 1 spiro atoms. The molecule has 0 saturated carbocycles. The average Bonchev–Trinajstić information content (AvgIpc) is 2.98. The Morgan fingerprint density at radius 1 is 1.10 bits per heavy atom. The highest BCUT2D eigenvalue weighted by atomic mass is 16.3. The number of rotatable bonds is 3. The van der Waals surface area contributed by atoms with E-state index in [0.29, 0.717) is 38.4 Å². The summed E-state index contributed by atoms with van der Waals surface area (Å²) in [6.07, 6.45) is 5.16. The van der Waals surface area contributed by atoms with Gasteiger partial charge in [-0.15, -0.1) is 0 Å². The minimum atomic E-state index is -0.545. The van der Waals surface area contributed by atoms with Gasteiger partial charge in [-0.3, -0.25) is 14.6 Å². The van der Waals surface area contributed by atoms with Crippen molar-refractivity contribution < 1.29 is 9.90 Å². The molecule has 2 aromatic rings. The monoisotopic (exact) mass is 394 g/mol. The molecule has 1 aromatic heterocycles. The zero-order valence-corrected chi connectivity index (χ0v) is 16.5. The van der Waals surface area contributed by atoms with Crippen LogP contribution in [-0.4, -0.2) is 47.2 Å². The highest BCUT2D eigenvalue weighted by Gasteiger charge is 2.51. The lowest BCUT2D eigenvalue weighted by Gasteiger charge is -2.39. The van der Waals surface area contributed by atoms with Crippen molar-refractivity contribution in [1.29, 1.82) is 0 Å². The van der Waals surface area contributed by atoms with Crippen molar-refractivity contribution in [2.45, 2.75) is 43.9 Å². The maximum atomic E-state index is 13.3. The summed E-state index contributed by atoms with van der Waals surface area (Å²) in [5.41, 5.74) is 3.20. The van der Waals surface area contributed by atoms with E-state index in [2.05, 4.69) is 9.88 Å². The summed E-state index contributed by atoms with van der Waals surface area (Å²) >= 11 is 0. The molecule has 0 radical (unpaired) electrons. The van der Waals surface area contributed by atoms with Crippen LogP contribution in [0.1, 0.15) is 42.5 Å². The van der Waals surface area contributed by atoms with Gasteiger partial charge in [-0.1, -0.05) is 18.2 Å². The van der Waals surface area contributed by atoms with Gasteiger partial charge in [0.15, 0.2) is 0 Å². The number of carbonyl (C=O) groups excluding carboxylic acids is 1. The van der Waals surface area contributed by atoms with E-state index in [1.807, 2.05) is 24.3 Å². The van der Waals surface area contributed by atoms with E-state index in [0.717, 1.165) is 48.2 Å². The number of aliphatic hydroxyl groups excluding tert-OH is 1. The number of hydrogen-bond acceptors (Lipinski definition) is 5. The topological polar surface area (TPSA) is 89.5 Å². The molecule has 0 atom stereocenters. The molecule has 0 unspecified atom stereocenters. The normalized spacial score (nSPS) is 20.1. The Morgan fingerprint density at radius 3 is 2.66 bits per heavy atom. The SMILES string of the molecule is O=C1N(CCO)c2ccccc2C12CCN(c1nc3c(c(=O)[nH]1)CCCC3)CC2. The second-order valence-corrected chi connectivity index (χ2v) is 8.29. The van der Waals surface area contributed by atoms with Crippen LogP contribution in [0.15, 0.2) is 29.1 Å². The van der Waals surface area contributed by atoms with E-state index < -0.39 is 5.41 Å². The van der Waals surface area contributed by atoms with Crippen molar-refractivity contribution in [2.24, 2.45) is 0 Å². The third kappa shape index (κ3) is 2.79. The highest BCUT2D eigenvalue weighted by molar-refractivity contribution is 6.08. The number of carbonyl (C=O) groups is 1. The zero-order valence-electron chi connectivity index (χ0n) is 16.5. The molecule has 5 rings (SSSR count). The number of aryl methyl sites for hydroxylation is 1. The molecule has 29 heavy (non-hydrogen) atoms. The Kier molecular flexibility index (Phi) is 4.42. The number of benzene rings is 1. The number of fused-ring (bicyclic) bond motifs is 3. The van der Waals surface area contributed by atoms with Gasteiger partial charge in [0.2, 0.25) is 11.9 Å². The standard InChI is InChI=1S/C22H26N4O3/c27-14-13-26-18-8-4-2-6-16(18)22(20(26)29)9-11-25(12-10-22)21-23-17-7-3-1-5-15(17)19(28)24-21/h2,4,6,8,27H,1,3,5,7,9-14H2,(H,23,24,28). The smallest absolute Gasteiger partial charge is 0.255 e. The van der Waals surface area contributed by atoms with Crippen molar-refractivity contribution in [2.75, 3.05) is 36.0 Å². The molecule has 3 aliphatic rings. The number of amides is 1. The van der Waals surface area contributed by atoms with Crippen molar-refractivity contribution in [3.8, 4) is 0 Å². The minimum absolute atomic E-state index is 0.0126. The molecule has 1 aromatic carbocycles. The van der Waals surface area contributed by atoms with Gasteiger partial charge in [0.25, 0.3) is 5.56 Å². The maximum Gasteiger partial charge on any atom is 0.255 e. The van der Waals surface area contributed by atoms with E-state index in [1.165, 1.54) is 0 Å². The first-order valence-electron chi connectivity index (χ1n) is 10.5. The van der Waals surface area contributed by atoms with Gasteiger partial charge in [-0.25, -0.2) is 4.98 Å². The molecule has 2 aliphatic heterocycles. The van der Waals surface area contributed by atoms with E-state index in [9.17, 15) is 14.7 Å². The van der Waals surface area contributed by atoms with E-state index in [-0.39, 0.29) is 18.1 Å². The number of anilines is 2. The van der Waals surface area contributed by atoms with Gasteiger partial charge in [-0.05, 0) is 50.2 Å². The molecular weight excluding hydrogens is 368 g/mol. The number of nitrogens with zero attached hydrogens (tertiary/aromatic N) is 3. The molecule has 1 saturated heterocycles. The van der Waals surface area contributed by atoms with Crippen molar-refractivity contribution in [3.63, 3.8) is 0 Å². The van der Waals surface area contributed by atoms with Crippen LogP contribution in [0, 0.1) is 0 Å². The first-order chi connectivity index (χ1) is 14.1. The van der Waals surface area contributed by atoms with Crippen LogP contribution < -0.4 is 15.4 Å². The molecular formula is C22H26N4O3. The third-order valence-corrected chi connectivity index (χ3v) is 6.78. The summed E-state index contributed by atoms with van der Waals surface area (Å²) in [5, 5.41) is 9.43. The van der Waals surface area contributed by atoms with Crippen LogP contribution >= 0.6 is 0 Å². The highest BCUT2D eigenvalue weighted by Crippen LogP contribution is 2.48. The maximum absolute atomic E-state index is 13.3. The molecule has 152 valence electrons. The Hall–Kier alpha value is -2.67. The first kappa shape index (κ1) is 18.4. The van der Waals surface area contributed by atoms with Gasteiger partial charge in [-0.2, -0.15) is 0 Å². The van der Waals surface area contributed by atoms with Crippen LogP contribution in [-0.2, 0) is 23.1 Å². The third-order valence-electron chi connectivity index (χ3n) is 6.78. The number of piperidine rings is 1. The van der Waals surface area contributed by atoms with Crippen LogP contribution in [0.2, 0.25) is 0 Å². The molecule has 1 aliphatic carbocycles.